The number of ether oxygens (including phenoxy) is 1. The summed E-state index contributed by atoms with van der Waals surface area (Å²) in [6, 6.07) is 5.04. The minimum Gasteiger partial charge on any atom is -0.462 e. The Morgan fingerprint density at radius 2 is 2.05 bits per heavy atom. The van der Waals surface area contributed by atoms with E-state index in [0.717, 1.165) is 16.8 Å². The van der Waals surface area contributed by atoms with Crippen molar-refractivity contribution >= 4 is 16.9 Å². The molecule has 5 heteroatoms. The number of hydrogen-bond acceptors (Lipinski definition) is 3. The molecule has 1 aromatic carbocycles. The molecule has 0 aliphatic rings. The van der Waals surface area contributed by atoms with Gasteiger partial charge in [-0.05, 0) is 32.0 Å². The first-order valence-electron chi connectivity index (χ1n) is 7.05. The van der Waals surface area contributed by atoms with E-state index < -0.39 is 5.97 Å². The molecule has 1 aromatic heterocycles. The van der Waals surface area contributed by atoms with Crippen LogP contribution in [0.15, 0.2) is 23.0 Å². The third-order valence-corrected chi connectivity index (χ3v) is 3.35. The molecule has 0 fully saturated rings. The summed E-state index contributed by atoms with van der Waals surface area (Å²) < 4.78 is 4.98. The van der Waals surface area contributed by atoms with Gasteiger partial charge in [0, 0.05) is 16.6 Å². The van der Waals surface area contributed by atoms with Crippen LogP contribution in [0.5, 0.6) is 0 Å². The van der Waals surface area contributed by atoms with E-state index in [1.165, 1.54) is 4.90 Å². The number of esters is 1. The second-order valence-corrected chi connectivity index (χ2v) is 5.42. The van der Waals surface area contributed by atoms with Crippen LogP contribution in [0.4, 0.5) is 0 Å². The number of aromatic amines is 1. The molecule has 0 unspecified atom stereocenters. The SMILES string of the molecule is CCOC(=O)c1ccc2[nH]c(C)c(C[NH+](C)C)c(=O)c2c1. The van der Waals surface area contributed by atoms with E-state index in [0.29, 0.717) is 24.1 Å². The van der Waals surface area contributed by atoms with Crippen molar-refractivity contribution in [2.75, 3.05) is 20.7 Å². The maximum Gasteiger partial charge on any atom is 0.338 e. The van der Waals surface area contributed by atoms with E-state index >= 15 is 0 Å². The molecule has 2 aromatic rings. The summed E-state index contributed by atoms with van der Waals surface area (Å²) in [5, 5.41) is 0.530. The summed E-state index contributed by atoms with van der Waals surface area (Å²) in [5.41, 5.74) is 2.75. The van der Waals surface area contributed by atoms with Crippen molar-refractivity contribution in [3.05, 3.63) is 45.2 Å². The lowest BCUT2D eigenvalue weighted by Crippen LogP contribution is -3.04. The lowest BCUT2D eigenvalue weighted by Gasteiger charge is -2.11. The van der Waals surface area contributed by atoms with Gasteiger partial charge < -0.3 is 14.6 Å². The summed E-state index contributed by atoms with van der Waals surface area (Å²) in [7, 11) is 4.00. The number of hydrogen-bond donors (Lipinski definition) is 2. The number of quaternary nitrogens is 1. The zero-order valence-electron chi connectivity index (χ0n) is 12.9. The average Bonchev–Trinajstić information content (AvgIpc) is 2.43. The fourth-order valence-corrected chi connectivity index (χ4v) is 2.36. The van der Waals surface area contributed by atoms with E-state index in [1.807, 2.05) is 21.0 Å². The highest BCUT2D eigenvalue weighted by atomic mass is 16.5. The molecule has 0 atom stereocenters. The van der Waals surface area contributed by atoms with Gasteiger partial charge in [0.25, 0.3) is 0 Å². The highest BCUT2D eigenvalue weighted by molar-refractivity contribution is 5.94. The number of carbonyl (C=O) groups is 1. The molecule has 0 saturated heterocycles. The van der Waals surface area contributed by atoms with Gasteiger partial charge >= 0.3 is 5.97 Å². The number of aryl methyl sites for hydroxylation is 1. The Balaban J connectivity index is 2.60. The van der Waals surface area contributed by atoms with Gasteiger partial charge in [0.05, 0.1) is 31.8 Å². The molecule has 112 valence electrons. The topological polar surface area (TPSA) is 63.6 Å². The quantitative estimate of drug-likeness (QED) is 0.813. The second kappa shape index (κ2) is 6.10. The van der Waals surface area contributed by atoms with Crippen molar-refractivity contribution in [3.63, 3.8) is 0 Å². The molecule has 0 spiro atoms. The Morgan fingerprint density at radius 1 is 1.33 bits per heavy atom. The first kappa shape index (κ1) is 15.3. The van der Waals surface area contributed by atoms with Gasteiger partial charge in [0.2, 0.25) is 0 Å². The molecule has 2 rings (SSSR count). The number of fused-ring (bicyclic) bond motifs is 1. The van der Waals surface area contributed by atoms with Crippen LogP contribution in [0.2, 0.25) is 0 Å². The highest BCUT2D eigenvalue weighted by Gasteiger charge is 2.14. The van der Waals surface area contributed by atoms with E-state index in [4.69, 9.17) is 4.74 Å². The van der Waals surface area contributed by atoms with Crippen molar-refractivity contribution in [1.29, 1.82) is 0 Å². The van der Waals surface area contributed by atoms with Crippen LogP contribution in [-0.4, -0.2) is 31.7 Å². The second-order valence-electron chi connectivity index (χ2n) is 5.42. The molecular weight excluding hydrogens is 268 g/mol. The van der Waals surface area contributed by atoms with Gasteiger partial charge in [-0.15, -0.1) is 0 Å². The fourth-order valence-electron chi connectivity index (χ4n) is 2.36. The van der Waals surface area contributed by atoms with Crippen molar-refractivity contribution in [2.45, 2.75) is 20.4 Å². The standard InChI is InChI=1S/C16H20N2O3/c1-5-21-16(20)11-6-7-14-12(8-11)15(19)13(9-18(3)4)10(2)17-14/h6-8H,5,9H2,1-4H3,(H,17,19)/p+1. The highest BCUT2D eigenvalue weighted by Crippen LogP contribution is 2.14. The average molecular weight is 289 g/mol. The number of aromatic nitrogens is 1. The van der Waals surface area contributed by atoms with Crippen molar-refractivity contribution in [2.24, 2.45) is 0 Å². The zero-order valence-corrected chi connectivity index (χ0v) is 12.9. The largest absolute Gasteiger partial charge is 0.462 e. The summed E-state index contributed by atoms with van der Waals surface area (Å²) >= 11 is 0. The van der Waals surface area contributed by atoms with Crippen LogP contribution in [0, 0.1) is 6.92 Å². The normalized spacial score (nSPS) is 11.1. The first-order valence-corrected chi connectivity index (χ1v) is 7.05. The maximum atomic E-state index is 12.6. The third-order valence-electron chi connectivity index (χ3n) is 3.35. The molecule has 21 heavy (non-hydrogen) atoms. The van der Waals surface area contributed by atoms with Gasteiger partial charge in [0.15, 0.2) is 5.43 Å². The Hall–Kier alpha value is -2.14. The van der Waals surface area contributed by atoms with Crippen LogP contribution in [-0.2, 0) is 11.3 Å². The predicted molar refractivity (Wildman–Crippen MR) is 81.8 cm³/mol. The number of pyridine rings is 1. The number of nitrogens with one attached hydrogen (secondary N) is 2. The number of benzene rings is 1. The van der Waals surface area contributed by atoms with Crippen LogP contribution in [0.1, 0.15) is 28.5 Å². The maximum absolute atomic E-state index is 12.6. The fraction of sp³-hybridized carbons (Fsp3) is 0.375. The molecule has 0 saturated carbocycles. The van der Waals surface area contributed by atoms with E-state index in [2.05, 4.69) is 4.98 Å². The lowest BCUT2D eigenvalue weighted by atomic mass is 10.1. The Kier molecular flexibility index (Phi) is 4.43. The van der Waals surface area contributed by atoms with Crippen LogP contribution >= 0.6 is 0 Å². The molecule has 5 nitrogen and oxygen atoms in total. The summed E-state index contributed by atoms with van der Waals surface area (Å²) in [6.45, 7) is 4.61. The number of rotatable bonds is 4. The van der Waals surface area contributed by atoms with Gasteiger partial charge in [-0.3, -0.25) is 4.79 Å². The van der Waals surface area contributed by atoms with E-state index in [-0.39, 0.29) is 5.43 Å². The zero-order chi connectivity index (χ0) is 15.6. The molecular formula is C16H21N2O3+. The molecule has 1 heterocycles. The Labute approximate surface area is 123 Å². The van der Waals surface area contributed by atoms with Gasteiger partial charge in [-0.25, -0.2) is 4.79 Å². The van der Waals surface area contributed by atoms with Crippen molar-refractivity contribution < 1.29 is 14.4 Å². The monoisotopic (exact) mass is 289 g/mol. The molecule has 0 amide bonds. The lowest BCUT2D eigenvalue weighted by molar-refractivity contribution is -0.872. The first-order chi connectivity index (χ1) is 9.93. The smallest absolute Gasteiger partial charge is 0.338 e. The van der Waals surface area contributed by atoms with E-state index in [1.54, 1.807) is 25.1 Å². The molecule has 0 radical (unpaired) electrons. The Morgan fingerprint density at radius 3 is 2.67 bits per heavy atom. The van der Waals surface area contributed by atoms with Crippen molar-refractivity contribution in [1.82, 2.24) is 4.98 Å². The molecule has 0 aliphatic carbocycles. The Bertz CT molecular complexity index is 732. The third kappa shape index (κ3) is 3.13. The number of H-pyrrole nitrogens is 1. The minimum atomic E-state index is -0.404. The van der Waals surface area contributed by atoms with Gasteiger partial charge in [0.1, 0.15) is 6.54 Å². The summed E-state index contributed by atoms with van der Waals surface area (Å²) in [4.78, 5) is 28.8. The van der Waals surface area contributed by atoms with Crippen LogP contribution in [0.3, 0.4) is 0 Å². The molecule has 0 bridgehead atoms. The molecule has 2 N–H and O–H groups in total. The summed E-state index contributed by atoms with van der Waals surface area (Å²) in [5.74, 6) is -0.404. The van der Waals surface area contributed by atoms with Crippen LogP contribution in [0.25, 0.3) is 10.9 Å². The minimum absolute atomic E-state index is 0.0198. The summed E-state index contributed by atoms with van der Waals surface area (Å²) in [6.07, 6.45) is 0. The van der Waals surface area contributed by atoms with E-state index in [9.17, 15) is 9.59 Å². The van der Waals surface area contributed by atoms with Gasteiger partial charge in [-0.1, -0.05) is 0 Å². The van der Waals surface area contributed by atoms with Gasteiger partial charge in [-0.2, -0.15) is 0 Å². The predicted octanol–water partition coefficient (Wildman–Crippen LogP) is 0.658. The van der Waals surface area contributed by atoms with Crippen molar-refractivity contribution in [3.8, 4) is 0 Å². The van der Waals surface area contributed by atoms with Crippen LogP contribution < -0.4 is 10.3 Å². The molecule has 0 aliphatic heterocycles. The number of carbonyl (C=O) groups excluding carboxylic acids is 1.